The van der Waals surface area contributed by atoms with E-state index < -0.39 is 0 Å². The number of aliphatic hydroxyl groups is 1. The number of benzene rings is 2. The highest BCUT2D eigenvalue weighted by molar-refractivity contribution is 6.05. The van der Waals surface area contributed by atoms with Gasteiger partial charge >= 0.3 is 0 Å². The maximum Gasteiger partial charge on any atom is 0.256 e. The lowest BCUT2D eigenvalue weighted by Gasteiger charge is -2.09. The van der Waals surface area contributed by atoms with Crippen molar-refractivity contribution in [1.82, 2.24) is 0 Å². The first-order chi connectivity index (χ1) is 9.11. The Kier molecular flexibility index (Phi) is 3.82. The monoisotopic (exact) mass is 257 g/mol. The van der Waals surface area contributed by atoms with Gasteiger partial charge < -0.3 is 15.5 Å². The summed E-state index contributed by atoms with van der Waals surface area (Å²) in [6.07, 6.45) is 0. The van der Waals surface area contributed by atoms with Gasteiger partial charge in [-0.05, 0) is 36.8 Å². The molecule has 19 heavy (non-hydrogen) atoms. The molecule has 0 aliphatic rings. The molecule has 3 N–H and O–H groups in total. The highest BCUT2D eigenvalue weighted by Crippen LogP contribution is 2.21. The molecular formula is C15H15NO3. The van der Waals surface area contributed by atoms with E-state index in [-0.39, 0.29) is 18.3 Å². The van der Waals surface area contributed by atoms with Gasteiger partial charge in [0.2, 0.25) is 0 Å². The highest BCUT2D eigenvalue weighted by Gasteiger charge is 2.11. The second-order valence-electron chi connectivity index (χ2n) is 4.26. The number of hydrogen-bond donors (Lipinski definition) is 3. The molecule has 0 aliphatic heterocycles. The zero-order chi connectivity index (χ0) is 13.8. The predicted octanol–water partition coefficient (Wildman–Crippen LogP) is 2.45. The van der Waals surface area contributed by atoms with Gasteiger partial charge in [-0.3, -0.25) is 4.79 Å². The third kappa shape index (κ3) is 2.92. The number of rotatable bonds is 3. The first kappa shape index (κ1) is 13.1. The fourth-order valence-corrected chi connectivity index (χ4v) is 1.82. The third-order valence-corrected chi connectivity index (χ3v) is 2.92. The molecule has 0 fully saturated rings. The molecule has 0 bridgehead atoms. The predicted molar refractivity (Wildman–Crippen MR) is 73.2 cm³/mol. The Morgan fingerprint density at radius 2 is 1.95 bits per heavy atom. The van der Waals surface area contributed by atoms with Crippen molar-refractivity contribution >= 4 is 11.6 Å². The fraction of sp³-hybridized carbons (Fsp3) is 0.133. The summed E-state index contributed by atoms with van der Waals surface area (Å²) in [5.41, 5.74) is 2.30. The average molecular weight is 257 g/mol. The molecule has 2 aromatic carbocycles. The summed E-state index contributed by atoms with van der Waals surface area (Å²) in [5, 5.41) is 21.4. The van der Waals surface area contributed by atoms with Crippen molar-refractivity contribution in [3.8, 4) is 5.75 Å². The van der Waals surface area contributed by atoms with Gasteiger partial charge in [-0.1, -0.05) is 18.2 Å². The zero-order valence-electron chi connectivity index (χ0n) is 10.6. The molecule has 4 heteroatoms. The van der Waals surface area contributed by atoms with E-state index in [1.54, 1.807) is 49.4 Å². The minimum Gasteiger partial charge on any atom is -0.508 e. The number of hydrogen-bond acceptors (Lipinski definition) is 3. The summed E-state index contributed by atoms with van der Waals surface area (Å²) in [5.74, 6) is -0.194. The Morgan fingerprint density at radius 3 is 2.68 bits per heavy atom. The summed E-state index contributed by atoms with van der Waals surface area (Å²) < 4.78 is 0. The Balaban J connectivity index is 2.23. The number of aliphatic hydroxyl groups excluding tert-OH is 1. The van der Waals surface area contributed by atoms with Crippen LogP contribution in [0, 0.1) is 6.92 Å². The van der Waals surface area contributed by atoms with Crippen molar-refractivity contribution in [2.24, 2.45) is 0 Å². The molecule has 0 aromatic heterocycles. The van der Waals surface area contributed by atoms with E-state index in [9.17, 15) is 9.90 Å². The van der Waals surface area contributed by atoms with Crippen LogP contribution in [-0.4, -0.2) is 16.1 Å². The summed E-state index contributed by atoms with van der Waals surface area (Å²) >= 11 is 0. The molecule has 0 saturated heterocycles. The molecule has 4 nitrogen and oxygen atoms in total. The number of carbonyl (C=O) groups is 1. The van der Waals surface area contributed by atoms with Crippen molar-refractivity contribution < 1.29 is 15.0 Å². The molecular weight excluding hydrogens is 242 g/mol. The van der Waals surface area contributed by atoms with Gasteiger partial charge in [0, 0.05) is 16.8 Å². The maximum atomic E-state index is 12.1. The standard InChI is InChI=1S/C15H15NO3/c1-10-13(6-3-7-14(10)18)15(19)16-12-5-2-4-11(8-12)9-17/h2-8,17-18H,9H2,1H3,(H,16,19). The van der Waals surface area contributed by atoms with Crippen LogP contribution in [0.15, 0.2) is 42.5 Å². The number of anilines is 1. The van der Waals surface area contributed by atoms with Crippen LogP contribution in [0.25, 0.3) is 0 Å². The van der Waals surface area contributed by atoms with Gasteiger partial charge in [0.15, 0.2) is 0 Å². The van der Waals surface area contributed by atoms with Gasteiger partial charge in [-0.2, -0.15) is 0 Å². The molecule has 0 radical (unpaired) electrons. The summed E-state index contributed by atoms with van der Waals surface area (Å²) in [6.45, 7) is 1.61. The minimum absolute atomic E-state index is 0.0745. The van der Waals surface area contributed by atoms with E-state index in [1.807, 2.05) is 0 Å². The number of phenolic OH excluding ortho intramolecular Hbond substituents is 1. The fourth-order valence-electron chi connectivity index (χ4n) is 1.82. The van der Waals surface area contributed by atoms with Gasteiger partial charge in [0.05, 0.1) is 6.61 Å². The van der Waals surface area contributed by atoms with Crippen LogP contribution in [0.4, 0.5) is 5.69 Å². The van der Waals surface area contributed by atoms with E-state index in [0.29, 0.717) is 16.8 Å². The molecule has 0 unspecified atom stereocenters. The van der Waals surface area contributed by atoms with Gasteiger partial charge in [0.25, 0.3) is 5.91 Å². The average Bonchev–Trinajstić information content (AvgIpc) is 2.42. The van der Waals surface area contributed by atoms with Crippen LogP contribution in [0.2, 0.25) is 0 Å². The second kappa shape index (κ2) is 5.54. The Bertz CT molecular complexity index is 608. The van der Waals surface area contributed by atoms with E-state index in [1.165, 1.54) is 0 Å². The van der Waals surface area contributed by atoms with Gasteiger partial charge in [-0.15, -0.1) is 0 Å². The molecule has 2 rings (SSSR count). The number of aromatic hydroxyl groups is 1. The number of amides is 1. The summed E-state index contributed by atoms with van der Waals surface area (Å²) in [6, 6.07) is 11.8. The third-order valence-electron chi connectivity index (χ3n) is 2.92. The topological polar surface area (TPSA) is 69.6 Å². The van der Waals surface area contributed by atoms with Crippen LogP contribution >= 0.6 is 0 Å². The number of phenols is 1. The highest BCUT2D eigenvalue weighted by atomic mass is 16.3. The van der Waals surface area contributed by atoms with E-state index in [4.69, 9.17) is 5.11 Å². The normalized spacial score (nSPS) is 10.2. The molecule has 0 atom stereocenters. The van der Waals surface area contributed by atoms with Gasteiger partial charge in [-0.25, -0.2) is 0 Å². The van der Waals surface area contributed by atoms with E-state index in [2.05, 4.69) is 5.32 Å². The lowest BCUT2D eigenvalue weighted by atomic mass is 10.1. The Hall–Kier alpha value is -2.33. The largest absolute Gasteiger partial charge is 0.508 e. The minimum atomic E-state index is -0.288. The van der Waals surface area contributed by atoms with Crippen molar-refractivity contribution in [3.05, 3.63) is 59.2 Å². The molecule has 98 valence electrons. The quantitative estimate of drug-likeness (QED) is 0.791. The second-order valence-corrected chi connectivity index (χ2v) is 4.26. The van der Waals surface area contributed by atoms with Crippen molar-refractivity contribution in [1.29, 1.82) is 0 Å². The van der Waals surface area contributed by atoms with Crippen LogP contribution in [0.3, 0.4) is 0 Å². The number of nitrogens with one attached hydrogen (secondary N) is 1. The molecule has 0 saturated carbocycles. The molecule has 0 heterocycles. The Labute approximate surface area is 111 Å². The number of carbonyl (C=O) groups excluding carboxylic acids is 1. The lowest BCUT2D eigenvalue weighted by molar-refractivity contribution is 0.102. The maximum absolute atomic E-state index is 12.1. The van der Waals surface area contributed by atoms with Crippen molar-refractivity contribution in [3.63, 3.8) is 0 Å². The smallest absolute Gasteiger partial charge is 0.256 e. The first-order valence-electron chi connectivity index (χ1n) is 5.91. The Morgan fingerprint density at radius 1 is 1.21 bits per heavy atom. The SMILES string of the molecule is Cc1c(O)cccc1C(=O)Nc1cccc(CO)c1. The van der Waals surface area contributed by atoms with Crippen LogP contribution in [-0.2, 0) is 6.61 Å². The first-order valence-corrected chi connectivity index (χ1v) is 5.91. The van der Waals surface area contributed by atoms with Crippen LogP contribution in [0.5, 0.6) is 5.75 Å². The molecule has 0 spiro atoms. The molecule has 2 aromatic rings. The van der Waals surface area contributed by atoms with Crippen LogP contribution in [0.1, 0.15) is 21.5 Å². The zero-order valence-corrected chi connectivity index (χ0v) is 10.6. The summed E-state index contributed by atoms with van der Waals surface area (Å²) in [4.78, 5) is 12.1. The summed E-state index contributed by atoms with van der Waals surface area (Å²) in [7, 11) is 0. The van der Waals surface area contributed by atoms with Crippen LogP contribution < -0.4 is 5.32 Å². The lowest BCUT2D eigenvalue weighted by Crippen LogP contribution is -2.13. The van der Waals surface area contributed by atoms with Gasteiger partial charge in [0.1, 0.15) is 5.75 Å². The van der Waals surface area contributed by atoms with Crippen molar-refractivity contribution in [2.75, 3.05) is 5.32 Å². The molecule has 0 aliphatic carbocycles. The molecule has 1 amide bonds. The van der Waals surface area contributed by atoms with E-state index >= 15 is 0 Å². The van der Waals surface area contributed by atoms with Crippen molar-refractivity contribution in [2.45, 2.75) is 13.5 Å². The van der Waals surface area contributed by atoms with E-state index in [0.717, 1.165) is 5.56 Å².